The zero-order valence-corrected chi connectivity index (χ0v) is 12.8. The first-order valence-electron chi connectivity index (χ1n) is 6.85. The van der Waals surface area contributed by atoms with Crippen molar-refractivity contribution in [2.24, 2.45) is 12.8 Å². The van der Waals surface area contributed by atoms with Crippen molar-refractivity contribution in [2.45, 2.75) is 6.92 Å². The molecule has 0 saturated carbocycles. The quantitative estimate of drug-likeness (QED) is 0.730. The number of amides is 3. The third-order valence-corrected chi connectivity index (χ3v) is 3.10. The molecule has 0 spiro atoms. The first-order valence-corrected chi connectivity index (χ1v) is 6.85. The number of benzene rings is 1. The molecule has 0 bridgehead atoms. The Bertz CT molecular complexity index is 749. The highest BCUT2D eigenvalue weighted by Gasteiger charge is 2.13. The Morgan fingerprint density at radius 3 is 2.39 bits per heavy atom. The normalized spacial score (nSPS) is 10.2. The molecule has 2 aromatic rings. The van der Waals surface area contributed by atoms with Crippen molar-refractivity contribution in [1.29, 1.82) is 0 Å². The first kappa shape index (κ1) is 16.2. The Labute approximate surface area is 132 Å². The van der Waals surface area contributed by atoms with Crippen LogP contribution in [0.5, 0.6) is 0 Å². The number of hydrogen-bond acceptors (Lipinski definition) is 4. The molecular formula is C15H17N5O3. The SMILES string of the molecule is Cc1cc(C(=O)NCC(=O)Nc2ccc(C(N)=O)cc2)n(C)n1. The van der Waals surface area contributed by atoms with Crippen molar-refractivity contribution < 1.29 is 14.4 Å². The lowest BCUT2D eigenvalue weighted by Crippen LogP contribution is -2.33. The van der Waals surface area contributed by atoms with Crippen LogP contribution in [0.1, 0.15) is 26.5 Å². The number of carbonyl (C=O) groups is 3. The van der Waals surface area contributed by atoms with Gasteiger partial charge in [-0.2, -0.15) is 5.10 Å². The molecule has 0 aliphatic rings. The van der Waals surface area contributed by atoms with Crippen LogP contribution in [0, 0.1) is 6.92 Å². The van der Waals surface area contributed by atoms with Gasteiger partial charge in [-0.05, 0) is 37.3 Å². The van der Waals surface area contributed by atoms with Crippen LogP contribution in [0.25, 0.3) is 0 Å². The molecule has 3 amide bonds. The van der Waals surface area contributed by atoms with Gasteiger partial charge in [0.2, 0.25) is 11.8 Å². The van der Waals surface area contributed by atoms with E-state index in [0.717, 1.165) is 5.69 Å². The number of nitrogens with zero attached hydrogens (tertiary/aromatic N) is 2. The third kappa shape index (κ3) is 4.16. The molecule has 1 aromatic heterocycles. The number of nitrogens with one attached hydrogen (secondary N) is 2. The largest absolute Gasteiger partial charge is 0.366 e. The highest BCUT2D eigenvalue weighted by Crippen LogP contribution is 2.08. The van der Waals surface area contributed by atoms with Crippen molar-refractivity contribution in [1.82, 2.24) is 15.1 Å². The van der Waals surface area contributed by atoms with E-state index in [-0.39, 0.29) is 18.4 Å². The fourth-order valence-electron chi connectivity index (χ4n) is 2.00. The summed E-state index contributed by atoms with van der Waals surface area (Å²) in [5.74, 6) is -1.31. The number of aryl methyl sites for hydroxylation is 2. The van der Waals surface area contributed by atoms with Gasteiger partial charge in [0, 0.05) is 18.3 Å². The van der Waals surface area contributed by atoms with Gasteiger partial charge in [0.15, 0.2) is 0 Å². The molecule has 0 radical (unpaired) electrons. The van der Waals surface area contributed by atoms with E-state index in [2.05, 4.69) is 15.7 Å². The van der Waals surface area contributed by atoms with Crippen LogP contribution in [0.3, 0.4) is 0 Å². The summed E-state index contributed by atoms with van der Waals surface area (Å²) in [6.45, 7) is 1.60. The predicted molar refractivity (Wildman–Crippen MR) is 83.9 cm³/mol. The zero-order chi connectivity index (χ0) is 17.0. The number of rotatable bonds is 5. The molecule has 23 heavy (non-hydrogen) atoms. The third-order valence-electron chi connectivity index (χ3n) is 3.10. The molecule has 8 heteroatoms. The van der Waals surface area contributed by atoms with Crippen molar-refractivity contribution >= 4 is 23.4 Å². The summed E-state index contributed by atoms with van der Waals surface area (Å²) in [5.41, 5.74) is 7.08. The maximum Gasteiger partial charge on any atom is 0.269 e. The summed E-state index contributed by atoms with van der Waals surface area (Å²) in [4.78, 5) is 34.7. The van der Waals surface area contributed by atoms with E-state index in [1.807, 2.05) is 0 Å². The van der Waals surface area contributed by atoms with E-state index >= 15 is 0 Å². The van der Waals surface area contributed by atoms with Crippen LogP contribution in [0.2, 0.25) is 0 Å². The van der Waals surface area contributed by atoms with Gasteiger partial charge in [-0.3, -0.25) is 19.1 Å². The van der Waals surface area contributed by atoms with Gasteiger partial charge in [-0.1, -0.05) is 0 Å². The maximum atomic E-state index is 12.0. The molecule has 2 rings (SSSR count). The van der Waals surface area contributed by atoms with E-state index in [0.29, 0.717) is 16.9 Å². The Morgan fingerprint density at radius 2 is 1.87 bits per heavy atom. The molecule has 4 N–H and O–H groups in total. The number of nitrogens with two attached hydrogens (primary N) is 1. The predicted octanol–water partition coefficient (Wildman–Crippen LogP) is 0.196. The summed E-state index contributed by atoms with van der Waals surface area (Å²) in [6.07, 6.45) is 0. The summed E-state index contributed by atoms with van der Waals surface area (Å²) in [5, 5.41) is 9.19. The second-order valence-electron chi connectivity index (χ2n) is 4.97. The van der Waals surface area contributed by atoms with Crippen molar-refractivity contribution in [3.63, 3.8) is 0 Å². The van der Waals surface area contributed by atoms with Crippen LogP contribution in [0.15, 0.2) is 30.3 Å². The van der Waals surface area contributed by atoms with Gasteiger partial charge < -0.3 is 16.4 Å². The lowest BCUT2D eigenvalue weighted by atomic mass is 10.2. The fraction of sp³-hybridized carbons (Fsp3) is 0.200. The van der Waals surface area contributed by atoms with E-state index in [4.69, 9.17) is 5.73 Å². The standard InChI is InChI=1S/C15H17N5O3/c1-9-7-12(20(2)19-9)15(23)17-8-13(21)18-11-5-3-10(4-6-11)14(16)22/h3-7H,8H2,1-2H3,(H2,16,22)(H,17,23)(H,18,21). The Morgan fingerprint density at radius 1 is 1.22 bits per heavy atom. The number of hydrogen-bond donors (Lipinski definition) is 3. The van der Waals surface area contributed by atoms with E-state index < -0.39 is 5.91 Å². The second-order valence-corrected chi connectivity index (χ2v) is 4.97. The van der Waals surface area contributed by atoms with E-state index in [9.17, 15) is 14.4 Å². The smallest absolute Gasteiger partial charge is 0.269 e. The summed E-state index contributed by atoms with van der Waals surface area (Å²) >= 11 is 0. The zero-order valence-electron chi connectivity index (χ0n) is 12.8. The van der Waals surface area contributed by atoms with Crippen LogP contribution < -0.4 is 16.4 Å². The molecule has 0 fully saturated rings. The van der Waals surface area contributed by atoms with Crippen LogP contribution in [0.4, 0.5) is 5.69 Å². The van der Waals surface area contributed by atoms with Gasteiger partial charge in [0.1, 0.15) is 5.69 Å². The summed E-state index contributed by atoms with van der Waals surface area (Å²) < 4.78 is 1.45. The lowest BCUT2D eigenvalue weighted by molar-refractivity contribution is -0.115. The van der Waals surface area contributed by atoms with Gasteiger partial charge >= 0.3 is 0 Å². The molecule has 1 aromatic carbocycles. The highest BCUT2D eigenvalue weighted by atomic mass is 16.2. The molecule has 8 nitrogen and oxygen atoms in total. The molecule has 0 atom stereocenters. The van der Waals surface area contributed by atoms with Crippen molar-refractivity contribution in [3.05, 3.63) is 47.3 Å². The summed E-state index contributed by atoms with van der Waals surface area (Å²) in [7, 11) is 1.66. The Balaban J connectivity index is 1.88. The minimum absolute atomic E-state index is 0.180. The molecule has 120 valence electrons. The minimum Gasteiger partial charge on any atom is -0.366 e. The highest BCUT2D eigenvalue weighted by molar-refractivity contribution is 5.99. The molecule has 0 unspecified atom stereocenters. The molecular weight excluding hydrogens is 298 g/mol. The average molecular weight is 315 g/mol. The average Bonchev–Trinajstić information content (AvgIpc) is 2.84. The molecule has 0 saturated heterocycles. The van der Waals surface area contributed by atoms with Crippen LogP contribution >= 0.6 is 0 Å². The number of primary amides is 1. The monoisotopic (exact) mass is 315 g/mol. The Kier molecular flexibility index (Phi) is 4.75. The van der Waals surface area contributed by atoms with Gasteiger partial charge in [-0.15, -0.1) is 0 Å². The van der Waals surface area contributed by atoms with Gasteiger partial charge in [-0.25, -0.2) is 0 Å². The van der Waals surface area contributed by atoms with Crippen molar-refractivity contribution in [2.75, 3.05) is 11.9 Å². The van der Waals surface area contributed by atoms with E-state index in [1.54, 1.807) is 32.2 Å². The first-order chi connectivity index (χ1) is 10.9. The number of aromatic nitrogens is 2. The Hall–Kier alpha value is -3.16. The fourth-order valence-corrected chi connectivity index (χ4v) is 2.00. The minimum atomic E-state index is -0.540. The second kappa shape index (κ2) is 6.73. The van der Waals surface area contributed by atoms with E-state index in [1.165, 1.54) is 16.8 Å². The van der Waals surface area contributed by atoms with Crippen LogP contribution in [-0.4, -0.2) is 34.0 Å². The number of anilines is 1. The molecule has 0 aliphatic carbocycles. The topological polar surface area (TPSA) is 119 Å². The molecule has 1 heterocycles. The maximum absolute atomic E-state index is 12.0. The van der Waals surface area contributed by atoms with Gasteiger partial charge in [0.05, 0.1) is 12.2 Å². The van der Waals surface area contributed by atoms with Gasteiger partial charge in [0.25, 0.3) is 5.91 Å². The number of carbonyl (C=O) groups excluding carboxylic acids is 3. The molecule has 0 aliphatic heterocycles. The van der Waals surface area contributed by atoms with Crippen LogP contribution in [-0.2, 0) is 11.8 Å². The van der Waals surface area contributed by atoms with Crippen molar-refractivity contribution in [3.8, 4) is 0 Å². The summed E-state index contributed by atoms with van der Waals surface area (Å²) in [6, 6.07) is 7.77. The lowest BCUT2D eigenvalue weighted by Gasteiger charge is -2.07.